The quantitative estimate of drug-likeness (QED) is 0.485. The largest absolute Gasteiger partial charge is 0.493 e. The number of fused-ring (bicyclic) bond motifs is 1. The van der Waals surface area contributed by atoms with Crippen LogP contribution < -0.4 is 20.3 Å². The second kappa shape index (κ2) is 10.5. The summed E-state index contributed by atoms with van der Waals surface area (Å²) in [7, 11) is 3.07. The number of aryl methyl sites for hydroxylation is 1. The second-order valence-electron chi connectivity index (χ2n) is 8.84. The van der Waals surface area contributed by atoms with E-state index in [1.54, 1.807) is 19.2 Å². The molecule has 0 aliphatic heterocycles. The Morgan fingerprint density at radius 2 is 1.79 bits per heavy atom. The average molecular weight is 484 g/mol. The van der Waals surface area contributed by atoms with Crippen LogP contribution in [0.2, 0.25) is 5.02 Å². The molecule has 1 aliphatic carbocycles. The van der Waals surface area contributed by atoms with Crippen molar-refractivity contribution in [1.29, 1.82) is 0 Å². The molecule has 1 aromatic heterocycles. The summed E-state index contributed by atoms with van der Waals surface area (Å²) in [5.41, 5.74) is 1.58. The van der Waals surface area contributed by atoms with Crippen LogP contribution in [0.4, 0.5) is 0 Å². The van der Waals surface area contributed by atoms with Crippen molar-refractivity contribution in [3.8, 4) is 11.5 Å². The fourth-order valence-corrected chi connectivity index (χ4v) is 4.96. The maximum Gasteiger partial charge on any atom is 0.261 e. The van der Waals surface area contributed by atoms with Gasteiger partial charge in [0, 0.05) is 36.0 Å². The molecular formula is C26H30ClN3O4. The van der Waals surface area contributed by atoms with Crippen molar-refractivity contribution in [2.75, 3.05) is 20.8 Å². The lowest BCUT2D eigenvalue weighted by molar-refractivity contribution is -0.121. The van der Waals surface area contributed by atoms with Crippen molar-refractivity contribution in [3.63, 3.8) is 0 Å². The number of carbonyl (C=O) groups excluding carboxylic acids is 1. The molecule has 1 N–H and O–H groups in total. The summed E-state index contributed by atoms with van der Waals surface area (Å²) < 4.78 is 12.1. The van der Waals surface area contributed by atoms with Crippen molar-refractivity contribution >= 4 is 28.4 Å². The van der Waals surface area contributed by atoms with Gasteiger partial charge in [-0.15, -0.1) is 0 Å². The molecule has 2 aromatic carbocycles. The lowest BCUT2D eigenvalue weighted by Gasteiger charge is -2.30. The SMILES string of the molecule is COc1cc2ncn(CCCC(=O)NCC3(c4ccc(Cl)cc4)CCCC3)c(=O)c2cc1OC. The van der Waals surface area contributed by atoms with Crippen molar-refractivity contribution in [3.05, 3.63) is 63.7 Å². The van der Waals surface area contributed by atoms with Crippen LogP contribution in [0.3, 0.4) is 0 Å². The number of nitrogens with zero attached hydrogens (tertiary/aromatic N) is 2. The predicted octanol–water partition coefficient (Wildman–Crippen LogP) is 4.48. The third-order valence-corrected chi connectivity index (χ3v) is 7.03. The number of carbonyl (C=O) groups is 1. The topological polar surface area (TPSA) is 82.5 Å². The number of hydrogen-bond donors (Lipinski definition) is 1. The minimum Gasteiger partial charge on any atom is -0.493 e. The zero-order valence-corrected chi connectivity index (χ0v) is 20.4. The van der Waals surface area contributed by atoms with E-state index in [0.29, 0.717) is 48.3 Å². The van der Waals surface area contributed by atoms with E-state index in [-0.39, 0.29) is 16.9 Å². The highest BCUT2D eigenvalue weighted by Crippen LogP contribution is 2.41. The number of amides is 1. The molecule has 0 radical (unpaired) electrons. The number of rotatable bonds is 9. The zero-order valence-electron chi connectivity index (χ0n) is 19.6. The van der Waals surface area contributed by atoms with Gasteiger partial charge in [-0.05, 0) is 43.0 Å². The van der Waals surface area contributed by atoms with E-state index in [1.165, 1.54) is 23.6 Å². The van der Waals surface area contributed by atoms with Crippen LogP contribution in [0.5, 0.6) is 11.5 Å². The maximum atomic E-state index is 12.9. The number of methoxy groups -OCH3 is 2. The van der Waals surface area contributed by atoms with E-state index >= 15 is 0 Å². The third-order valence-electron chi connectivity index (χ3n) is 6.77. The summed E-state index contributed by atoms with van der Waals surface area (Å²) in [5.74, 6) is 0.996. The molecule has 1 saturated carbocycles. The van der Waals surface area contributed by atoms with Crippen LogP contribution in [0, 0.1) is 0 Å². The summed E-state index contributed by atoms with van der Waals surface area (Å²) in [6.45, 7) is 1.03. The average Bonchev–Trinajstić information content (AvgIpc) is 3.34. The summed E-state index contributed by atoms with van der Waals surface area (Å²) in [6, 6.07) is 11.3. The number of aromatic nitrogens is 2. The first kappa shape index (κ1) is 24.1. The Hall–Kier alpha value is -3.06. The Kier molecular flexibility index (Phi) is 7.41. The maximum absolute atomic E-state index is 12.9. The number of ether oxygens (including phenoxy) is 2. The van der Waals surface area contributed by atoms with Crippen LogP contribution in [-0.2, 0) is 16.8 Å². The minimum absolute atomic E-state index is 0.00607. The lowest BCUT2D eigenvalue weighted by atomic mass is 9.79. The molecule has 1 amide bonds. The predicted molar refractivity (Wildman–Crippen MR) is 133 cm³/mol. The molecule has 4 rings (SSSR count). The van der Waals surface area contributed by atoms with Crippen molar-refractivity contribution in [1.82, 2.24) is 14.9 Å². The minimum atomic E-state index is -0.168. The monoisotopic (exact) mass is 483 g/mol. The van der Waals surface area contributed by atoms with E-state index in [9.17, 15) is 9.59 Å². The fraction of sp³-hybridized carbons (Fsp3) is 0.423. The smallest absolute Gasteiger partial charge is 0.261 e. The normalized spacial score (nSPS) is 14.8. The van der Waals surface area contributed by atoms with Crippen molar-refractivity contribution in [2.24, 2.45) is 0 Å². The fourth-order valence-electron chi connectivity index (χ4n) is 4.83. The third kappa shape index (κ3) is 5.04. The summed E-state index contributed by atoms with van der Waals surface area (Å²) in [5, 5.41) is 4.31. The van der Waals surface area contributed by atoms with Gasteiger partial charge in [-0.25, -0.2) is 4.98 Å². The van der Waals surface area contributed by atoms with Crippen LogP contribution >= 0.6 is 11.6 Å². The van der Waals surface area contributed by atoms with Crippen molar-refractivity contribution < 1.29 is 14.3 Å². The van der Waals surface area contributed by atoms with Crippen LogP contribution in [0.25, 0.3) is 10.9 Å². The molecule has 0 spiro atoms. The van der Waals surface area contributed by atoms with Gasteiger partial charge < -0.3 is 14.8 Å². The lowest BCUT2D eigenvalue weighted by Crippen LogP contribution is -2.39. The van der Waals surface area contributed by atoms with Gasteiger partial charge >= 0.3 is 0 Å². The van der Waals surface area contributed by atoms with Crippen LogP contribution in [-0.4, -0.2) is 36.2 Å². The molecule has 1 fully saturated rings. The molecule has 0 saturated heterocycles. The molecule has 0 atom stereocenters. The number of nitrogens with one attached hydrogen (secondary N) is 1. The standard InChI is InChI=1S/C26H30ClN3O4/c1-33-22-14-20-21(15-23(22)34-2)29-17-30(25(20)32)13-5-6-24(31)28-16-26(11-3-4-12-26)18-7-9-19(27)10-8-18/h7-10,14-15,17H,3-6,11-13,16H2,1-2H3,(H,28,31). The highest BCUT2D eigenvalue weighted by atomic mass is 35.5. The molecule has 0 unspecified atom stereocenters. The van der Waals surface area contributed by atoms with Gasteiger partial charge in [0.05, 0.1) is 31.4 Å². The Bertz CT molecular complexity index is 1220. The molecule has 8 heteroatoms. The number of halogens is 1. The highest BCUT2D eigenvalue weighted by molar-refractivity contribution is 6.30. The number of hydrogen-bond acceptors (Lipinski definition) is 5. The summed E-state index contributed by atoms with van der Waals surface area (Å²) >= 11 is 6.06. The first-order valence-corrected chi connectivity index (χ1v) is 12.0. The molecule has 180 valence electrons. The van der Waals surface area contributed by atoms with Gasteiger partial charge in [0.25, 0.3) is 5.56 Å². The van der Waals surface area contributed by atoms with Gasteiger partial charge in [0.2, 0.25) is 5.91 Å². The van der Waals surface area contributed by atoms with E-state index in [4.69, 9.17) is 21.1 Å². The molecule has 3 aromatic rings. The molecule has 1 aliphatic rings. The summed E-state index contributed by atoms with van der Waals surface area (Å²) in [4.78, 5) is 29.9. The van der Waals surface area contributed by atoms with Crippen molar-refractivity contribution in [2.45, 2.75) is 50.5 Å². The summed E-state index contributed by atoms with van der Waals surface area (Å²) in [6.07, 6.45) is 6.83. The first-order chi connectivity index (χ1) is 16.5. The zero-order chi connectivity index (χ0) is 24.1. The molecule has 34 heavy (non-hydrogen) atoms. The van der Waals surface area contributed by atoms with E-state index in [0.717, 1.165) is 30.7 Å². The Balaban J connectivity index is 1.36. The molecule has 1 heterocycles. The van der Waals surface area contributed by atoms with E-state index in [2.05, 4.69) is 22.4 Å². The van der Waals surface area contributed by atoms with E-state index in [1.807, 2.05) is 12.1 Å². The Labute approximate surface area is 204 Å². The van der Waals surface area contributed by atoms with Gasteiger partial charge in [-0.1, -0.05) is 36.6 Å². The van der Waals surface area contributed by atoms with Gasteiger partial charge in [0.1, 0.15) is 0 Å². The second-order valence-corrected chi connectivity index (χ2v) is 9.28. The number of benzene rings is 2. The van der Waals surface area contributed by atoms with Gasteiger partial charge in [-0.3, -0.25) is 14.2 Å². The van der Waals surface area contributed by atoms with Gasteiger partial charge in [-0.2, -0.15) is 0 Å². The molecule has 0 bridgehead atoms. The Morgan fingerprint density at radius 3 is 2.47 bits per heavy atom. The van der Waals surface area contributed by atoms with Crippen LogP contribution in [0.15, 0.2) is 47.5 Å². The molecular weight excluding hydrogens is 454 g/mol. The van der Waals surface area contributed by atoms with E-state index < -0.39 is 0 Å². The van der Waals surface area contributed by atoms with Gasteiger partial charge in [0.15, 0.2) is 11.5 Å². The first-order valence-electron chi connectivity index (χ1n) is 11.6. The molecule has 7 nitrogen and oxygen atoms in total. The Morgan fingerprint density at radius 1 is 1.12 bits per heavy atom. The highest BCUT2D eigenvalue weighted by Gasteiger charge is 2.35. The van der Waals surface area contributed by atoms with Crippen LogP contribution in [0.1, 0.15) is 44.1 Å².